The molecule has 0 aliphatic carbocycles. The van der Waals surface area contributed by atoms with E-state index in [1.807, 2.05) is 13.8 Å². The molecule has 2 heterocycles. The first kappa shape index (κ1) is 19.0. The van der Waals surface area contributed by atoms with Crippen LogP contribution in [-0.4, -0.2) is 19.9 Å². The van der Waals surface area contributed by atoms with Crippen molar-refractivity contribution in [3.05, 3.63) is 71.3 Å². The highest BCUT2D eigenvalue weighted by Crippen LogP contribution is 2.25. The van der Waals surface area contributed by atoms with Crippen LogP contribution in [0.4, 0.5) is 8.78 Å². The van der Waals surface area contributed by atoms with E-state index in [1.165, 1.54) is 6.07 Å². The van der Waals surface area contributed by atoms with Crippen LogP contribution in [0.5, 0.6) is 0 Å². The van der Waals surface area contributed by atoms with Gasteiger partial charge in [-0.3, -0.25) is 0 Å². The molecule has 3 rings (SSSR count). The number of hydrogen-bond acceptors (Lipinski definition) is 4. The molecule has 1 atom stereocenters. The van der Waals surface area contributed by atoms with Gasteiger partial charge in [0.1, 0.15) is 0 Å². The lowest BCUT2D eigenvalue weighted by molar-refractivity contribution is 0.493. The fraction of sp³-hybridized carbons (Fsp3) is 0.333. The molecule has 0 aliphatic rings. The lowest BCUT2D eigenvalue weighted by atomic mass is 9.92. The first-order chi connectivity index (χ1) is 13.1. The largest absolute Gasteiger partial charge is 0.234 e. The smallest absolute Gasteiger partial charge is 0.197 e. The molecule has 0 saturated carbocycles. The summed E-state index contributed by atoms with van der Waals surface area (Å²) in [5, 5.41) is 0. The highest BCUT2D eigenvalue weighted by Gasteiger charge is 2.15. The zero-order chi connectivity index (χ0) is 19.2. The summed E-state index contributed by atoms with van der Waals surface area (Å²) in [6.45, 7) is 4.02. The lowest BCUT2D eigenvalue weighted by Crippen LogP contribution is -2.04. The van der Waals surface area contributed by atoms with Gasteiger partial charge in [0.05, 0.1) is 0 Å². The SMILES string of the molecule is CCCCc1cc(C(C)Cc2cnc(-c3ncccn3)nc2)cc(F)c1F. The van der Waals surface area contributed by atoms with Crippen molar-refractivity contribution in [3.63, 3.8) is 0 Å². The van der Waals surface area contributed by atoms with Crippen molar-refractivity contribution in [2.75, 3.05) is 0 Å². The first-order valence-electron chi connectivity index (χ1n) is 9.14. The molecule has 0 saturated heterocycles. The van der Waals surface area contributed by atoms with E-state index in [4.69, 9.17) is 0 Å². The summed E-state index contributed by atoms with van der Waals surface area (Å²) in [4.78, 5) is 16.9. The van der Waals surface area contributed by atoms with Gasteiger partial charge >= 0.3 is 0 Å². The maximum absolute atomic E-state index is 14.0. The van der Waals surface area contributed by atoms with Crippen LogP contribution >= 0.6 is 0 Å². The molecule has 1 unspecified atom stereocenters. The number of aromatic nitrogens is 4. The molecule has 1 aromatic carbocycles. The summed E-state index contributed by atoms with van der Waals surface area (Å²) in [5.74, 6) is -0.559. The van der Waals surface area contributed by atoms with E-state index in [0.717, 1.165) is 24.0 Å². The third kappa shape index (κ3) is 4.70. The van der Waals surface area contributed by atoms with Crippen LogP contribution in [0, 0.1) is 11.6 Å². The van der Waals surface area contributed by atoms with Gasteiger partial charge in [-0.2, -0.15) is 0 Å². The zero-order valence-corrected chi connectivity index (χ0v) is 15.5. The van der Waals surface area contributed by atoms with Crippen molar-refractivity contribution in [2.24, 2.45) is 0 Å². The molecule has 0 aliphatic heterocycles. The second kappa shape index (κ2) is 8.75. The number of benzene rings is 1. The molecule has 4 nitrogen and oxygen atoms in total. The molecular formula is C21H22F2N4. The summed E-state index contributed by atoms with van der Waals surface area (Å²) in [6, 6.07) is 4.81. The Morgan fingerprint density at radius 2 is 1.63 bits per heavy atom. The van der Waals surface area contributed by atoms with Crippen molar-refractivity contribution in [1.82, 2.24) is 19.9 Å². The average Bonchev–Trinajstić information content (AvgIpc) is 2.70. The molecule has 0 spiro atoms. The molecule has 27 heavy (non-hydrogen) atoms. The van der Waals surface area contributed by atoms with Crippen molar-refractivity contribution in [3.8, 4) is 11.6 Å². The Morgan fingerprint density at radius 3 is 2.30 bits per heavy atom. The summed E-state index contributed by atoms with van der Waals surface area (Å²) >= 11 is 0. The van der Waals surface area contributed by atoms with Crippen molar-refractivity contribution in [2.45, 2.75) is 45.4 Å². The van der Waals surface area contributed by atoms with Crippen LogP contribution in [0.25, 0.3) is 11.6 Å². The van der Waals surface area contributed by atoms with Crippen molar-refractivity contribution in [1.29, 1.82) is 0 Å². The van der Waals surface area contributed by atoms with Crippen LogP contribution in [0.2, 0.25) is 0 Å². The molecule has 140 valence electrons. The second-order valence-corrected chi connectivity index (χ2v) is 6.67. The molecular weight excluding hydrogens is 346 g/mol. The average molecular weight is 368 g/mol. The molecule has 6 heteroatoms. The number of rotatable bonds is 7. The predicted molar refractivity (Wildman–Crippen MR) is 100 cm³/mol. The topological polar surface area (TPSA) is 51.6 Å². The third-order valence-electron chi connectivity index (χ3n) is 4.51. The van der Waals surface area contributed by atoms with Gasteiger partial charge in [-0.1, -0.05) is 26.3 Å². The van der Waals surface area contributed by atoms with E-state index in [-0.39, 0.29) is 5.92 Å². The van der Waals surface area contributed by atoms with E-state index in [0.29, 0.717) is 30.1 Å². The van der Waals surface area contributed by atoms with Gasteiger partial charge in [0.15, 0.2) is 23.3 Å². The van der Waals surface area contributed by atoms with Crippen LogP contribution in [0.1, 0.15) is 49.3 Å². The molecule has 0 bridgehead atoms. The number of nitrogens with zero attached hydrogens (tertiary/aromatic N) is 4. The summed E-state index contributed by atoms with van der Waals surface area (Å²) in [6.07, 6.45) is 9.70. The van der Waals surface area contributed by atoms with Crippen molar-refractivity contribution >= 4 is 0 Å². The van der Waals surface area contributed by atoms with Gasteiger partial charge in [-0.15, -0.1) is 0 Å². The number of hydrogen-bond donors (Lipinski definition) is 0. The van der Waals surface area contributed by atoms with Gasteiger partial charge < -0.3 is 0 Å². The normalized spacial score (nSPS) is 12.1. The van der Waals surface area contributed by atoms with E-state index >= 15 is 0 Å². The van der Waals surface area contributed by atoms with Crippen molar-refractivity contribution < 1.29 is 8.78 Å². The van der Waals surface area contributed by atoms with E-state index in [2.05, 4.69) is 19.9 Å². The molecule has 0 fully saturated rings. The van der Waals surface area contributed by atoms with Crippen LogP contribution < -0.4 is 0 Å². The van der Waals surface area contributed by atoms with E-state index < -0.39 is 11.6 Å². The monoisotopic (exact) mass is 368 g/mol. The predicted octanol–water partition coefficient (Wildman–Crippen LogP) is 4.90. The number of unbranched alkanes of at least 4 members (excludes halogenated alkanes) is 1. The molecule has 0 N–H and O–H groups in total. The van der Waals surface area contributed by atoms with Gasteiger partial charge in [0, 0.05) is 24.8 Å². The van der Waals surface area contributed by atoms with Crippen LogP contribution in [0.3, 0.4) is 0 Å². The first-order valence-corrected chi connectivity index (χ1v) is 9.14. The fourth-order valence-corrected chi connectivity index (χ4v) is 2.96. The quantitative estimate of drug-likeness (QED) is 0.595. The Bertz CT molecular complexity index is 883. The maximum atomic E-state index is 14.0. The Balaban J connectivity index is 1.75. The maximum Gasteiger partial charge on any atom is 0.197 e. The molecule has 0 amide bonds. The summed E-state index contributed by atoms with van der Waals surface area (Å²) < 4.78 is 28.0. The Hall–Kier alpha value is -2.76. The fourth-order valence-electron chi connectivity index (χ4n) is 2.96. The number of halogens is 2. The molecule has 0 radical (unpaired) electrons. The van der Waals surface area contributed by atoms with Gasteiger partial charge in [0.2, 0.25) is 0 Å². The van der Waals surface area contributed by atoms with Gasteiger partial charge in [-0.25, -0.2) is 28.7 Å². The second-order valence-electron chi connectivity index (χ2n) is 6.67. The molecule has 2 aromatic heterocycles. The Labute approximate surface area is 157 Å². The van der Waals surface area contributed by atoms with Gasteiger partial charge in [0.25, 0.3) is 0 Å². The summed E-state index contributed by atoms with van der Waals surface area (Å²) in [7, 11) is 0. The van der Waals surface area contributed by atoms with E-state index in [9.17, 15) is 8.78 Å². The highest BCUT2D eigenvalue weighted by molar-refractivity contribution is 5.41. The minimum Gasteiger partial charge on any atom is -0.234 e. The minimum absolute atomic E-state index is 0.0166. The minimum atomic E-state index is -0.779. The van der Waals surface area contributed by atoms with E-state index in [1.54, 1.807) is 36.9 Å². The standard InChI is InChI=1S/C21H22F2N4/c1-3-4-6-16-10-17(11-18(22)19(16)23)14(2)9-15-12-26-21(27-13-15)20-24-7-5-8-25-20/h5,7-8,10-14H,3-4,6,9H2,1-2H3. The van der Waals surface area contributed by atoms with Crippen LogP contribution in [-0.2, 0) is 12.8 Å². The Kier molecular flexibility index (Phi) is 6.16. The van der Waals surface area contributed by atoms with Gasteiger partial charge in [-0.05, 0) is 54.0 Å². The molecule has 3 aromatic rings. The lowest BCUT2D eigenvalue weighted by Gasteiger charge is -2.14. The highest BCUT2D eigenvalue weighted by atomic mass is 19.2. The third-order valence-corrected chi connectivity index (χ3v) is 4.51. The summed E-state index contributed by atoms with van der Waals surface area (Å²) in [5.41, 5.74) is 2.16. The number of aryl methyl sites for hydroxylation is 1. The Morgan fingerprint density at radius 1 is 0.963 bits per heavy atom. The van der Waals surface area contributed by atoms with Crippen LogP contribution in [0.15, 0.2) is 43.0 Å². The zero-order valence-electron chi connectivity index (χ0n) is 15.5.